The number of ether oxygens (including phenoxy) is 3. The third-order valence-corrected chi connectivity index (χ3v) is 4.27. The minimum Gasteiger partial charge on any atom is -0.478 e. The van der Waals surface area contributed by atoms with Crippen molar-refractivity contribution in [3.63, 3.8) is 0 Å². The highest BCUT2D eigenvalue weighted by molar-refractivity contribution is 5.91. The Morgan fingerprint density at radius 3 is 2.61 bits per heavy atom. The smallest absolute Gasteiger partial charge is 0.411 e. The first-order valence-electron chi connectivity index (χ1n) is 9.18. The molecule has 2 N–H and O–H groups in total. The third kappa shape index (κ3) is 6.07. The monoisotopic (exact) mass is 385 g/mol. The molecule has 1 aliphatic heterocycles. The fraction of sp³-hybridized carbons (Fsp3) is 0.333. The first-order chi connectivity index (χ1) is 13.6. The Morgan fingerprint density at radius 2 is 1.89 bits per heavy atom. The molecule has 0 aromatic heterocycles. The highest BCUT2D eigenvalue weighted by atomic mass is 16.7. The van der Waals surface area contributed by atoms with Gasteiger partial charge in [-0.05, 0) is 48.6 Å². The van der Waals surface area contributed by atoms with Gasteiger partial charge in [-0.1, -0.05) is 30.3 Å². The number of carboxylic acid groups (broad SMARTS) is 1. The Kier molecular flexibility index (Phi) is 7.00. The van der Waals surface area contributed by atoms with Gasteiger partial charge in [-0.2, -0.15) is 0 Å². The number of amides is 1. The molecule has 0 aliphatic carbocycles. The Labute approximate surface area is 163 Å². The fourth-order valence-corrected chi connectivity index (χ4v) is 2.88. The van der Waals surface area contributed by atoms with Crippen molar-refractivity contribution < 1.29 is 28.9 Å². The van der Waals surface area contributed by atoms with Gasteiger partial charge in [0.2, 0.25) is 0 Å². The molecule has 0 spiro atoms. The van der Waals surface area contributed by atoms with E-state index in [9.17, 15) is 14.7 Å². The lowest BCUT2D eigenvalue weighted by molar-refractivity contribution is -0.168. The molecule has 0 radical (unpaired) electrons. The number of hydrogen-bond acceptors (Lipinski definition) is 5. The minimum absolute atomic E-state index is 0.0593. The molecule has 7 nitrogen and oxygen atoms in total. The first kappa shape index (κ1) is 19.9. The van der Waals surface area contributed by atoms with Crippen molar-refractivity contribution in [3.8, 4) is 0 Å². The van der Waals surface area contributed by atoms with Crippen LogP contribution in [0.5, 0.6) is 0 Å². The van der Waals surface area contributed by atoms with Crippen LogP contribution < -0.4 is 5.32 Å². The molecule has 0 saturated carbocycles. The van der Waals surface area contributed by atoms with Gasteiger partial charge >= 0.3 is 12.1 Å². The largest absolute Gasteiger partial charge is 0.478 e. The summed E-state index contributed by atoms with van der Waals surface area (Å²) in [5.74, 6) is -1.09. The summed E-state index contributed by atoms with van der Waals surface area (Å²) < 4.78 is 16.4. The molecule has 1 atom stereocenters. The van der Waals surface area contributed by atoms with Crippen LogP contribution in [0.15, 0.2) is 48.5 Å². The van der Waals surface area contributed by atoms with Crippen LogP contribution in [-0.4, -0.2) is 30.1 Å². The Hall–Kier alpha value is -2.90. The molecule has 148 valence electrons. The number of aromatic carboxylic acids is 1. The van der Waals surface area contributed by atoms with Gasteiger partial charge in [0.15, 0.2) is 6.29 Å². The van der Waals surface area contributed by atoms with E-state index in [1.807, 2.05) is 30.3 Å². The number of rotatable bonds is 7. The number of benzene rings is 2. The lowest BCUT2D eigenvalue weighted by atomic mass is 10.1. The zero-order valence-electron chi connectivity index (χ0n) is 15.4. The van der Waals surface area contributed by atoms with E-state index in [0.29, 0.717) is 17.9 Å². The van der Waals surface area contributed by atoms with Crippen LogP contribution in [0.1, 0.15) is 40.7 Å². The van der Waals surface area contributed by atoms with Crippen LogP contribution in [0.25, 0.3) is 0 Å². The molecule has 1 fully saturated rings. The van der Waals surface area contributed by atoms with Crippen molar-refractivity contribution in [1.29, 1.82) is 0 Å². The first-order valence-corrected chi connectivity index (χ1v) is 9.18. The quantitative estimate of drug-likeness (QED) is 0.743. The van der Waals surface area contributed by atoms with Gasteiger partial charge in [0.25, 0.3) is 0 Å². The number of carboxylic acids is 1. The molecule has 28 heavy (non-hydrogen) atoms. The van der Waals surface area contributed by atoms with Gasteiger partial charge in [0.05, 0.1) is 12.2 Å². The van der Waals surface area contributed by atoms with E-state index >= 15 is 0 Å². The van der Waals surface area contributed by atoms with E-state index in [2.05, 4.69) is 5.32 Å². The summed E-state index contributed by atoms with van der Waals surface area (Å²) in [6, 6.07) is 13.9. The summed E-state index contributed by atoms with van der Waals surface area (Å²) in [5, 5.41) is 11.9. The van der Waals surface area contributed by atoms with Crippen LogP contribution in [0.4, 0.5) is 10.5 Å². The van der Waals surface area contributed by atoms with Crippen LogP contribution in [0, 0.1) is 0 Å². The summed E-state index contributed by atoms with van der Waals surface area (Å²) in [6.07, 6.45) is 1.94. The number of carbonyl (C=O) groups excluding carboxylic acids is 1. The van der Waals surface area contributed by atoms with E-state index in [-0.39, 0.29) is 25.1 Å². The Bertz CT molecular complexity index is 802. The Balaban J connectivity index is 1.61. The fourth-order valence-electron chi connectivity index (χ4n) is 2.88. The van der Waals surface area contributed by atoms with E-state index < -0.39 is 12.1 Å². The number of carbonyl (C=O) groups is 2. The molecule has 1 amide bonds. The second-order valence-corrected chi connectivity index (χ2v) is 6.52. The van der Waals surface area contributed by atoms with Gasteiger partial charge in [-0.25, -0.2) is 9.59 Å². The molecule has 7 heteroatoms. The zero-order valence-corrected chi connectivity index (χ0v) is 15.4. The molecule has 3 rings (SSSR count). The van der Waals surface area contributed by atoms with E-state index in [1.54, 1.807) is 6.07 Å². The summed E-state index contributed by atoms with van der Waals surface area (Å²) in [7, 11) is 0. The van der Waals surface area contributed by atoms with Crippen molar-refractivity contribution in [3.05, 3.63) is 65.2 Å². The number of hydrogen-bond donors (Lipinski definition) is 2. The van der Waals surface area contributed by atoms with Gasteiger partial charge in [0.1, 0.15) is 6.61 Å². The van der Waals surface area contributed by atoms with E-state index in [0.717, 1.165) is 24.8 Å². The lowest BCUT2D eigenvalue weighted by Gasteiger charge is -2.22. The average molecular weight is 385 g/mol. The molecule has 2 aromatic rings. The van der Waals surface area contributed by atoms with Gasteiger partial charge in [-0.3, -0.25) is 5.32 Å². The maximum Gasteiger partial charge on any atom is 0.411 e. The van der Waals surface area contributed by atoms with Crippen LogP contribution >= 0.6 is 0 Å². The molecular formula is C21H23NO6. The Morgan fingerprint density at radius 1 is 1.07 bits per heavy atom. The van der Waals surface area contributed by atoms with Crippen molar-refractivity contribution in [2.24, 2.45) is 0 Å². The van der Waals surface area contributed by atoms with Crippen molar-refractivity contribution in [2.45, 2.75) is 38.8 Å². The second-order valence-electron chi connectivity index (χ2n) is 6.52. The molecular weight excluding hydrogens is 362 g/mol. The van der Waals surface area contributed by atoms with Gasteiger partial charge < -0.3 is 19.3 Å². The number of anilines is 1. The maximum absolute atomic E-state index is 12.1. The van der Waals surface area contributed by atoms with Crippen LogP contribution in [0.3, 0.4) is 0 Å². The summed E-state index contributed by atoms with van der Waals surface area (Å²) >= 11 is 0. The van der Waals surface area contributed by atoms with Gasteiger partial charge in [-0.15, -0.1) is 0 Å². The third-order valence-electron chi connectivity index (χ3n) is 4.27. The van der Waals surface area contributed by atoms with E-state index in [1.165, 1.54) is 12.1 Å². The summed E-state index contributed by atoms with van der Waals surface area (Å²) in [4.78, 5) is 23.4. The molecule has 0 bridgehead atoms. The van der Waals surface area contributed by atoms with Crippen LogP contribution in [0.2, 0.25) is 0 Å². The van der Waals surface area contributed by atoms with Crippen LogP contribution in [-0.2, 0) is 27.4 Å². The summed E-state index contributed by atoms with van der Waals surface area (Å²) in [5.41, 5.74) is 1.89. The predicted octanol–water partition coefficient (Wildman–Crippen LogP) is 4.18. The molecule has 1 heterocycles. The minimum atomic E-state index is -1.09. The lowest BCUT2D eigenvalue weighted by Crippen LogP contribution is -2.22. The van der Waals surface area contributed by atoms with Crippen molar-refractivity contribution >= 4 is 17.7 Å². The molecule has 1 saturated heterocycles. The topological polar surface area (TPSA) is 94.1 Å². The zero-order chi connectivity index (χ0) is 19.8. The molecule has 1 aliphatic rings. The average Bonchev–Trinajstić information content (AvgIpc) is 2.72. The predicted molar refractivity (Wildman–Crippen MR) is 102 cm³/mol. The SMILES string of the molecule is O=C(Nc1cc(COC2CCCCO2)cc(C(=O)O)c1)OCc1ccccc1. The van der Waals surface area contributed by atoms with Crippen molar-refractivity contribution in [1.82, 2.24) is 0 Å². The van der Waals surface area contributed by atoms with Crippen molar-refractivity contribution in [2.75, 3.05) is 11.9 Å². The van der Waals surface area contributed by atoms with E-state index in [4.69, 9.17) is 14.2 Å². The standard InChI is InChI=1S/C21H23NO6/c23-20(24)17-10-16(14-27-19-8-4-5-9-26-19)11-18(12-17)22-21(25)28-13-15-6-2-1-3-7-15/h1-3,6-7,10-12,19H,4-5,8-9,13-14H2,(H,22,25)(H,23,24). The highest BCUT2D eigenvalue weighted by Crippen LogP contribution is 2.20. The maximum atomic E-state index is 12.1. The molecule has 1 unspecified atom stereocenters. The highest BCUT2D eigenvalue weighted by Gasteiger charge is 2.15. The molecule has 2 aromatic carbocycles. The van der Waals surface area contributed by atoms with Gasteiger partial charge in [0, 0.05) is 12.3 Å². The normalized spacial score (nSPS) is 16.4. The summed E-state index contributed by atoms with van der Waals surface area (Å²) in [6.45, 7) is 0.986. The number of nitrogens with one attached hydrogen (secondary N) is 1. The second kappa shape index (κ2) is 9.87.